The fraction of sp³-hybridized carbons (Fsp3) is 0.111. The lowest BCUT2D eigenvalue weighted by Gasteiger charge is -2.04. The number of H-pyrrole nitrogens is 1. The van der Waals surface area contributed by atoms with Gasteiger partial charge in [0.05, 0.1) is 12.3 Å². The molecule has 0 aliphatic heterocycles. The van der Waals surface area contributed by atoms with E-state index in [1.165, 1.54) is 10.6 Å². The highest BCUT2D eigenvalue weighted by Crippen LogP contribution is 2.14. The molecule has 4 aromatic rings. The van der Waals surface area contributed by atoms with Crippen molar-refractivity contribution < 1.29 is 4.74 Å². The van der Waals surface area contributed by atoms with Gasteiger partial charge >= 0.3 is 0 Å². The summed E-state index contributed by atoms with van der Waals surface area (Å²) in [7, 11) is 0. The molecular formula is C18H15N5O2. The Balaban J connectivity index is 1.56. The van der Waals surface area contributed by atoms with Gasteiger partial charge in [0.2, 0.25) is 5.88 Å². The van der Waals surface area contributed by atoms with E-state index in [-0.39, 0.29) is 5.56 Å². The molecule has 0 aliphatic rings. The van der Waals surface area contributed by atoms with Crippen LogP contribution in [0, 0.1) is 0 Å². The van der Waals surface area contributed by atoms with Crippen molar-refractivity contribution in [2.75, 3.05) is 6.61 Å². The molecule has 3 aromatic heterocycles. The van der Waals surface area contributed by atoms with Gasteiger partial charge in [-0.25, -0.2) is 9.97 Å². The van der Waals surface area contributed by atoms with E-state index < -0.39 is 0 Å². The Hall–Kier alpha value is -3.48. The van der Waals surface area contributed by atoms with Gasteiger partial charge < -0.3 is 4.74 Å². The first-order chi connectivity index (χ1) is 12.3. The van der Waals surface area contributed by atoms with Crippen LogP contribution < -0.4 is 10.3 Å². The highest BCUT2D eigenvalue weighted by molar-refractivity contribution is 5.56. The minimum atomic E-state index is -0.201. The molecule has 0 atom stereocenters. The second kappa shape index (κ2) is 6.56. The predicted octanol–water partition coefficient (Wildman–Crippen LogP) is 2.10. The van der Waals surface area contributed by atoms with Crippen molar-refractivity contribution in [3.63, 3.8) is 0 Å². The summed E-state index contributed by atoms with van der Waals surface area (Å²) in [5, 5.41) is 2.98. The van der Waals surface area contributed by atoms with E-state index in [9.17, 15) is 4.79 Å². The molecule has 1 aromatic carbocycles. The number of hydrogen-bond acceptors (Lipinski definition) is 5. The topological polar surface area (TPSA) is 85.2 Å². The third-order valence-electron chi connectivity index (χ3n) is 3.68. The van der Waals surface area contributed by atoms with E-state index in [4.69, 9.17) is 4.74 Å². The van der Waals surface area contributed by atoms with Crippen LogP contribution in [-0.4, -0.2) is 31.2 Å². The van der Waals surface area contributed by atoms with Gasteiger partial charge in [-0.05, 0) is 6.07 Å². The van der Waals surface area contributed by atoms with Gasteiger partial charge in [-0.2, -0.15) is 9.50 Å². The Kier molecular flexibility index (Phi) is 3.96. The van der Waals surface area contributed by atoms with Gasteiger partial charge in [-0.1, -0.05) is 36.4 Å². The summed E-state index contributed by atoms with van der Waals surface area (Å²) >= 11 is 0. The summed E-state index contributed by atoms with van der Waals surface area (Å²) in [5.41, 5.74) is 1.33. The number of pyridine rings is 1. The van der Waals surface area contributed by atoms with Gasteiger partial charge in [0.1, 0.15) is 0 Å². The maximum atomic E-state index is 12.3. The summed E-state index contributed by atoms with van der Waals surface area (Å²) in [5.74, 6) is 1.50. The van der Waals surface area contributed by atoms with Crippen LogP contribution in [0.4, 0.5) is 0 Å². The van der Waals surface area contributed by atoms with Crippen LogP contribution in [0.2, 0.25) is 0 Å². The van der Waals surface area contributed by atoms with Gasteiger partial charge in [0, 0.05) is 30.3 Å². The summed E-state index contributed by atoms with van der Waals surface area (Å²) in [4.78, 5) is 25.2. The average molecular weight is 333 g/mol. The summed E-state index contributed by atoms with van der Waals surface area (Å²) in [6, 6.07) is 16.6. The van der Waals surface area contributed by atoms with E-state index in [0.717, 1.165) is 5.56 Å². The molecule has 0 unspecified atom stereocenters. The van der Waals surface area contributed by atoms with Gasteiger partial charge in [0.25, 0.3) is 11.3 Å². The molecule has 0 saturated heterocycles. The van der Waals surface area contributed by atoms with Crippen molar-refractivity contribution in [2.24, 2.45) is 0 Å². The molecule has 0 amide bonds. The number of ether oxygens (including phenoxy) is 1. The number of nitrogens with zero attached hydrogens (tertiary/aromatic N) is 4. The second-order valence-electron chi connectivity index (χ2n) is 5.43. The quantitative estimate of drug-likeness (QED) is 0.604. The highest BCUT2D eigenvalue weighted by atomic mass is 16.5. The Morgan fingerprint density at radius 2 is 1.88 bits per heavy atom. The van der Waals surface area contributed by atoms with Crippen molar-refractivity contribution in [3.05, 3.63) is 76.8 Å². The number of aromatic amines is 1. The molecule has 0 fully saturated rings. The van der Waals surface area contributed by atoms with E-state index in [1.54, 1.807) is 12.3 Å². The van der Waals surface area contributed by atoms with Gasteiger partial charge in [-0.15, -0.1) is 0 Å². The van der Waals surface area contributed by atoms with Crippen molar-refractivity contribution in [3.8, 4) is 17.3 Å². The Bertz CT molecular complexity index is 1040. The SMILES string of the molecule is O=c1cc(CCOc2ccccn2)nc2nc(-c3ccccc3)[nH]n12. The van der Waals surface area contributed by atoms with Crippen LogP contribution in [0.15, 0.2) is 65.6 Å². The van der Waals surface area contributed by atoms with Gasteiger partial charge in [-0.3, -0.25) is 9.89 Å². The number of rotatable bonds is 5. The monoisotopic (exact) mass is 333 g/mol. The molecule has 3 heterocycles. The van der Waals surface area contributed by atoms with Crippen LogP contribution in [-0.2, 0) is 6.42 Å². The first kappa shape index (κ1) is 15.1. The first-order valence-corrected chi connectivity index (χ1v) is 7.87. The minimum Gasteiger partial charge on any atom is -0.477 e. The molecule has 124 valence electrons. The zero-order valence-electron chi connectivity index (χ0n) is 13.3. The molecule has 25 heavy (non-hydrogen) atoms. The molecule has 0 radical (unpaired) electrons. The zero-order chi connectivity index (χ0) is 17.1. The Morgan fingerprint density at radius 1 is 1.04 bits per heavy atom. The lowest BCUT2D eigenvalue weighted by atomic mass is 10.2. The summed E-state index contributed by atoms with van der Waals surface area (Å²) in [6.45, 7) is 0.385. The van der Waals surface area contributed by atoms with E-state index in [2.05, 4.69) is 20.1 Å². The minimum absolute atomic E-state index is 0.201. The van der Waals surface area contributed by atoms with E-state index >= 15 is 0 Å². The van der Waals surface area contributed by atoms with Crippen LogP contribution in [0.5, 0.6) is 5.88 Å². The molecule has 4 rings (SSSR count). The number of benzene rings is 1. The fourth-order valence-electron chi connectivity index (χ4n) is 2.47. The third kappa shape index (κ3) is 3.25. The molecule has 0 spiro atoms. The van der Waals surface area contributed by atoms with Crippen molar-refractivity contribution in [1.82, 2.24) is 24.6 Å². The molecule has 0 aliphatic carbocycles. The molecule has 0 bridgehead atoms. The van der Waals surface area contributed by atoms with E-state index in [0.29, 0.717) is 36.2 Å². The molecule has 7 nitrogen and oxygen atoms in total. The zero-order valence-corrected chi connectivity index (χ0v) is 13.3. The maximum Gasteiger partial charge on any atom is 0.274 e. The smallest absolute Gasteiger partial charge is 0.274 e. The lowest BCUT2D eigenvalue weighted by molar-refractivity contribution is 0.308. The number of fused-ring (bicyclic) bond motifs is 1. The highest BCUT2D eigenvalue weighted by Gasteiger charge is 2.09. The largest absolute Gasteiger partial charge is 0.477 e. The standard InChI is InChI=1S/C18H15N5O2/c24-16-12-14(9-11-25-15-8-4-5-10-19-15)20-18-21-17(22-23(16)18)13-6-2-1-3-7-13/h1-8,10,12H,9,11H2,(H,20,21,22). The molecule has 0 saturated carbocycles. The fourth-order valence-corrected chi connectivity index (χ4v) is 2.47. The van der Waals surface area contributed by atoms with Crippen LogP contribution in [0.25, 0.3) is 17.2 Å². The first-order valence-electron chi connectivity index (χ1n) is 7.87. The second-order valence-corrected chi connectivity index (χ2v) is 5.43. The van der Waals surface area contributed by atoms with Gasteiger partial charge in [0.15, 0.2) is 5.82 Å². The van der Waals surface area contributed by atoms with Crippen LogP contribution in [0.3, 0.4) is 0 Å². The average Bonchev–Trinajstić information content (AvgIpc) is 3.08. The van der Waals surface area contributed by atoms with Crippen molar-refractivity contribution in [2.45, 2.75) is 6.42 Å². The van der Waals surface area contributed by atoms with Crippen LogP contribution >= 0.6 is 0 Å². The van der Waals surface area contributed by atoms with Crippen molar-refractivity contribution >= 4 is 5.78 Å². The predicted molar refractivity (Wildman–Crippen MR) is 92.5 cm³/mol. The summed E-state index contributed by atoms with van der Waals surface area (Å²) in [6.07, 6.45) is 2.16. The molecule has 1 N–H and O–H groups in total. The third-order valence-corrected chi connectivity index (χ3v) is 3.68. The number of aromatic nitrogens is 5. The Morgan fingerprint density at radius 3 is 2.68 bits per heavy atom. The lowest BCUT2D eigenvalue weighted by Crippen LogP contribution is -2.17. The molecule has 7 heteroatoms. The maximum absolute atomic E-state index is 12.3. The number of nitrogens with one attached hydrogen (secondary N) is 1. The van der Waals surface area contributed by atoms with E-state index in [1.807, 2.05) is 42.5 Å². The molecular weight excluding hydrogens is 318 g/mol. The Labute approximate surface area is 143 Å². The van der Waals surface area contributed by atoms with Crippen molar-refractivity contribution in [1.29, 1.82) is 0 Å². The van der Waals surface area contributed by atoms with Crippen LogP contribution in [0.1, 0.15) is 5.69 Å². The number of hydrogen-bond donors (Lipinski definition) is 1. The summed E-state index contributed by atoms with van der Waals surface area (Å²) < 4.78 is 6.89. The normalized spacial score (nSPS) is 10.9.